The van der Waals surface area contributed by atoms with E-state index in [1.807, 2.05) is 0 Å². The third-order valence-corrected chi connectivity index (χ3v) is 3.40. The van der Waals surface area contributed by atoms with Gasteiger partial charge < -0.3 is 4.74 Å². The lowest BCUT2D eigenvalue weighted by atomic mass is 10.2. The molecule has 0 aliphatic carbocycles. The van der Waals surface area contributed by atoms with E-state index in [0.717, 1.165) is 0 Å². The van der Waals surface area contributed by atoms with Crippen molar-refractivity contribution in [1.82, 2.24) is 14.6 Å². The minimum Gasteiger partial charge on any atom is -0.465 e. The summed E-state index contributed by atoms with van der Waals surface area (Å²) in [5, 5.41) is 7.93. The maximum Gasteiger partial charge on any atom is 0.339 e. The summed E-state index contributed by atoms with van der Waals surface area (Å²) < 4.78 is 19.8. The molecule has 0 spiro atoms. The first-order valence-electron chi connectivity index (χ1n) is 5.99. The van der Waals surface area contributed by atoms with Crippen LogP contribution in [0.1, 0.15) is 10.4 Å². The average molecular weight is 306 g/mol. The van der Waals surface area contributed by atoms with Gasteiger partial charge in [0.05, 0.1) is 17.7 Å². The van der Waals surface area contributed by atoms with E-state index in [1.54, 1.807) is 22.6 Å². The first kappa shape index (κ1) is 13.5. The second-order valence-electron chi connectivity index (χ2n) is 4.26. The van der Waals surface area contributed by atoms with E-state index in [4.69, 9.17) is 11.6 Å². The van der Waals surface area contributed by atoms with Crippen molar-refractivity contribution < 1.29 is 13.9 Å². The third-order valence-electron chi connectivity index (χ3n) is 3.02. The summed E-state index contributed by atoms with van der Waals surface area (Å²) in [6.45, 7) is 0. The number of rotatable bonds is 2. The zero-order valence-electron chi connectivity index (χ0n) is 10.9. The Labute approximate surface area is 123 Å². The predicted octanol–water partition coefficient (Wildman–Crippen LogP) is 2.98. The van der Waals surface area contributed by atoms with Gasteiger partial charge in [0, 0.05) is 11.8 Å². The van der Waals surface area contributed by atoms with Crippen molar-refractivity contribution >= 4 is 23.2 Å². The Balaban J connectivity index is 2.23. The normalized spacial score (nSPS) is 10.8. The Morgan fingerprint density at radius 1 is 1.29 bits per heavy atom. The van der Waals surface area contributed by atoms with Gasteiger partial charge in [0.2, 0.25) is 0 Å². The molecule has 106 valence electrons. The molecule has 0 amide bonds. The van der Waals surface area contributed by atoms with Gasteiger partial charge in [0.25, 0.3) is 0 Å². The summed E-state index contributed by atoms with van der Waals surface area (Å²) in [6, 6.07) is 7.62. The van der Waals surface area contributed by atoms with Crippen molar-refractivity contribution in [3.63, 3.8) is 0 Å². The zero-order valence-corrected chi connectivity index (χ0v) is 11.6. The van der Waals surface area contributed by atoms with Gasteiger partial charge in [0.1, 0.15) is 5.82 Å². The monoisotopic (exact) mass is 305 g/mol. The zero-order chi connectivity index (χ0) is 15.0. The number of ether oxygens (including phenoxy) is 1. The van der Waals surface area contributed by atoms with Crippen LogP contribution in [0.2, 0.25) is 5.02 Å². The van der Waals surface area contributed by atoms with Crippen LogP contribution < -0.4 is 0 Å². The van der Waals surface area contributed by atoms with Crippen LogP contribution in [-0.4, -0.2) is 27.7 Å². The van der Waals surface area contributed by atoms with Crippen LogP contribution in [0.5, 0.6) is 0 Å². The van der Waals surface area contributed by atoms with Crippen molar-refractivity contribution in [3.05, 3.63) is 52.9 Å². The molecule has 0 aliphatic rings. The lowest BCUT2D eigenvalue weighted by molar-refractivity contribution is 0.0600. The summed E-state index contributed by atoms with van der Waals surface area (Å²) >= 11 is 5.97. The van der Waals surface area contributed by atoms with Gasteiger partial charge >= 0.3 is 5.97 Å². The highest BCUT2D eigenvalue weighted by Gasteiger charge is 2.15. The number of carbonyl (C=O) groups excluding carboxylic acids is 1. The number of nitrogens with zero attached hydrogens (tertiary/aromatic N) is 3. The van der Waals surface area contributed by atoms with Crippen LogP contribution in [0.3, 0.4) is 0 Å². The van der Waals surface area contributed by atoms with Gasteiger partial charge in [-0.15, -0.1) is 10.2 Å². The Morgan fingerprint density at radius 3 is 2.86 bits per heavy atom. The number of fused-ring (bicyclic) bond motifs is 1. The van der Waals surface area contributed by atoms with E-state index in [-0.39, 0.29) is 5.02 Å². The highest BCUT2D eigenvalue weighted by molar-refractivity contribution is 6.33. The maximum atomic E-state index is 13.6. The first-order valence-corrected chi connectivity index (χ1v) is 6.37. The lowest BCUT2D eigenvalue weighted by Gasteiger charge is -2.05. The van der Waals surface area contributed by atoms with Gasteiger partial charge in [-0.2, -0.15) is 0 Å². The fourth-order valence-electron chi connectivity index (χ4n) is 1.99. The average Bonchev–Trinajstić information content (AvgIpc) is 2.92. The molecule has 0 N–H and O–H groups in total. The largest absolute Gasteiger partial charge is 0.465 e. The summed E-state index contributed by atoms with van der Waals surface area (Å²) in [6.07, 6.45) is 1.53. The van der Waals surface area contributed by atoms with Gasteiger partial charge in [-0.1, -0.05) is 17.7 Å². The van der Waals surface area contributed by atoms with Gasteiger partial charge in [-0.25, -0.2) is 9.18 Å². The number of hydrogen-bond donors (Lipinski definition) is 0. The SMILES string of the molecule is COC(=O)c1ccc2nnc(-c3cccc(F)c3Cl)n2c1. The lowest BCUT2D eigenvalue weighted by Crippen LogP contribution is -2.03. The molecule has 0 fully saturated rings. The number of benzene rings is 1. The number of hydrogen-bond acceptors (Lipinski definition) is 4. The summed E-state index contributed by atoms with van der Waals surface area (Å²) in [7, 11) is 1.29. The summed E-state index contributed by atoms with van der Waals surface area (Å²) in [5.41, 5.74) is 1.24. The molecule has 1 aromatic carbocycles. The maximum absolute atomic E-state index is 13.6. The van der Waals surface area contributed by atoms with Crippen LogP contribution in [0.4, 0.5) is 4.39 Å². The Morgan fingerprint density at radius 2 is 2.10 bits per heavy atom. The number of halogens is 2. The molecule has 21 heavy (non-hydrogen) atoms. The van der Waals surface area contributed by atoms with E-state index in [0.29, 0.717) is 22.6 Å². The van der Waals surface area contributed by atoms with Crippen LogP contribution in [0.15, 0.2) is 36.5 Å². The highest BCUT2D eigenvalue weighted by atomic mass is 35.5. The number of esters is 1. The molecule has 7 heteroatoms. The molecule has 2 aromatic heterocycles. The quantitative estimate of drug-likeness (QED) is 0.683. The molecule has 5 nitrogen and oxygen atoms in total. The second kappa shape index (κ2) is 5.14. The summed E-state index contributed by atoms with van der Waals surface area (Å²) in [4.78, 5) is 11.6. The van der Waals surface area contributed by atoms with Crippen molar-refractivity contribution in [3.8, 4) is 11.4 Å². The number of pyridine rings is 1. The fraction of sp³-hybridized carbons (Fsp3) is 0.0714. The molecule has 0 unspecified atom stereocenters. The van der Waals surface area contributed by atoms with E-state index in [9.17, 15) is 9.18 Å². The first-order chi connectivity index (χ1) is 10.1. The van der Waals surface area contributed by atoms with Crippen LogP contribution in [-0.2, 0) is 4.74 Å². The Kier molecular flexibility index (Phi) is 3.31. The molecule has 0 radical (unpaired) electrons. The molecule has 0 aliphatic heterocycles. The van der Waals surface area contributed by atoms with Crippen molar-refractivity contribution in [2.24, 2.45) is 0 Å². The van der Waals surface area contributed by atoms with Crippen molar-refractivity contribution in [2.75, 3.05) is 7.11 Å². The van der Waals surface area contributed by atoms with Crippen molar-refractivity contribution in [1.29, 1.82) is 0 Å². The Hall–Kier alpha value is -2.47. The van der Waals surface area contributed by atoms with Crippen molar-refractivity contribution in [2.45, 2.75) is 0 Å². The standard InChI is InChI=1S/C14H9ClFN3O2/c1-21-14(20)8-5-6-11-17-18-13(19(11)7-8)9-3-2-4-10(16)12(9)15/h2-7H,1H3. The molecular weight excluding hydrogens is 297 g/mol. The molecule has 0 saturated carbocycles. The molecule has 0 atom stereocenters. The van der Waals surface area contributed by atoms with Gasteiger partial charge in [-0.05, 0) is 24.3 Å². The molecule has 2 heterocycles. The number of aromatic nitrogens is 3. The number of carbonyl (C=O) groups is 1. The second-order valence-corrected chi connectivity index (χ2v) is 4.64. The van der Waals surface area contributed by atoms with E-state index >= 15 is 0 Å². The van der Waals surface area contributed by atoms with Crippen LogP contribution >= 0.6 is 11.6 Å². The number of methoxy groups -OCH3 is 1. The fourth-order valence-corrected chi connectivity index (χ4v) is 2.20. The van der Waals surface area contributed by atoms with E-state index in [2.05, 4.69) is 14.9 Å². The van der Waals surface area contributed by atoms with E-state index in [1.165, 1.54) is 25.4 Å². The smallest absolute Gasteiger partial charge is 0.339 e. The Bertz CT molecular complexity index is 847. The molecule has 0 bridgehead atoms. The predicted molar refractivity (Wildman–Crippen MR) is 74.7 cm³/mol. The van der Waals surface area contributed by atoms with Crippen LogP contribution in [0.25, 0.3) is 17.0 Å². The highest BCUT2D eigenvalue weighted by Crippen LogP contribution is 2.29. The minimum absolute atomic E-state index is 0.0460. The molecule has 3 aromatic rings. The van der Waals surface area contributed by atoms with E-state index < -0.39 is 11.8 Å². The molecule has 0 saturated heterocycles. The van der Waals surface area contributed by atoms with Crippen LogP contribution in [0, 0.1) is 5.82 Å². The van der Waals surface area contributed by atoms with Gasteiger partial charge in [0.15, 0.2) is 11.5 Å². The topological polar surface area (TPSA) is 56.5 Å². The van der Waals surface area contributed by atoms with Gasteiger partial charge in [-0.3, -0.25) is 4.40 Å². The minimum atomic E-state index is -0.546. The third kappa shape index (κ3) is 2.23. The molecule has 3 rings (SSSR count). The summed E-state index contributed by atoms with van der Waals surface area (Å²) in [5.74, 6) is -0.683. The molecular formula is C14H9ClFN3O2.